The van der Waals surface area contributed by atoms with Gasteiger partial charge in [0, 0.05) is 18.7 Å². The van der Waals surface area contributed by atoms with Crippen LogP contribution >= 0.6 is 0 Å². The number of aromatic hydroxyl groups is 1. The third-order valence-electron chi connectivity index (χ3n) is 4.22. The summed E-state index contributed by atoms with van der Waals surface area (Å²) in [5.74, 6) is 1.47. The number of hydrogen-bond donors (Lipinski definition) is 1. The van der Waals surface area contributed by atoms with Gasteiger partial charge in [-0.15, -0.1) is 0 Å². The first kappa shape index (κ1) is 14.4. The standard InChI is InChI=1S/C18H19NO3/c1-19(13-5-7-14(20)8-6-13)18(21)17-11-16(17)12-3-9-15(22-2)10-4-12/h3-10,16-17,20H,11H2,1-2H3. The van der Waals surface area contributed by atoms with Crippen LogP contribution in [0.25, 0.3) is 0 Å². The van der Waals surface area contributed by atoms with Crippen molar-refractivity contribution in [2.45, 2.75) is 12.3 Å². The zero-order chi connectivity index (χ0) is 15.7. The van der Waals surface area contributed by atoms with Crippen LogP contribution in [0.4, 0.5) is 5.69 Å². The van der Waals surface area contributed by atoms with E-state index in [-0.39, 0.29) is 23.5 Å². The lowest BCUT2D eigenvalue weighted by molar-refractivity contribution is -0.119. The van der Waals surface area contributed by atoms with Crippen molar-refractivity contribution in [1.29, 1.82) is 0 Å². The fourth-order valence-corrected chi connectivity index (χ4v) is 2.74. The Morgan fingerprint density at radius 1 is 1.14 bits per heavy atom. The first-order valence-electron chi connectivity index (χ1n) is 7.30. The molecule has 4 nitrogen and oxygen atoms in total. The van der Waals surface area contributed by atoms with Gasteiger partial charge in [-0.05, 0) is 54.3 Å². The van der Waals surface area contributed by atoms with E-state index in [1.165, 1.54) is 5.56 Å². The largest absolute Gasteiger partial charge is 0.508 e. The first-order chi connectivity index (χ1) is 10.6. The van der Waals surface area contributed by atoms with Crippen molar-refractivity contribution in [3.63, 3.8) is 0 Å². The number of carbonyl (C=O) groups is 1. The number of methoxy groups -OCH3 is 1. The molecule has 0 heterocycles. The van der Waals surface area contributed by atoms with E-state index in [4.69, 9.17) is 4.74 Å². The highest BCUT2D eigenvalue weighted by molar-refractivity contribution is 5.97. The van der Waals surface area contributed by atoms with E-state index < -0.39 is 0 Å². The summed E-state index contributed by atoms with van der Waals surface area (Å²) in [4.78, 5) is 14.2. The van der Waals surface area contributed by atoms with E-state index >= 15 is 0 Å². The van der Waals surface area contributed by atoms with Gasteiger partial charge in [0.05, 0.1) is 7.11 Å². The van der Waals surface area contributed by atoms with Crippen molar-refractivity contribution in [3.8, 4) is 11.5 Å². The Balaban J connectivity index is 1.67. The molecule has 0 bridgehead atoms. The van der Waals surface area contributed by atoms with Crippen molar-refractivity contribution in [2.75, 3.05) is 19.1 Å². The Morgan fingerprint density at radius 2 is 1.77 bits per heavy atom. The Kier molecular flexibility index (Phi) is 3.75. The minimum absolute atomic E-state index is 0.0344. The van der Waals surface area contributed by atoms with Crippen LogP contribution in [0.2, 0.25) is 0 Å². The molecule has 1 amide bonds. The van der Waals surface area contributed by atoms with Gasteiger partial charge in [0.15, 0.2) is 0 Å². The summed E-state index contributed by atoms with van der Waals surface area (Å²) < 4.78 is 5.15. The van der Waals surface area contributed by atoms with Gasteiger partial charge in [0.2, 0.25) is 5.91 Å². The topological polar surface area (TPSA) is 49.8 Å². The molecule has 0 saturated heterocycles. The molecule has 0 radical (unpaired) electrons. The smallest absolute Gasteiger partial charge is 0.230 e. The van der Waals surface area contributed by atoms with Crippen LogP contribution in [0.3, 0.4) is 0 Å². The molecule has 1 aliphatic rings. The van der Waals surface area contributed by atoms with Crippen molar-refractivity contribution in [3.05, 3.63) is 54.1 Å². The zero-order valence-corrected chi connectivity index (χ0v) is 12.7. The Hall–Kier alpha value is -2.49. The van der Waals surface area contributed by atoms with Gasteiger partial charge < -0.3 is 14.7 Å². The summed E-state index contributed by atoms with van der Waals surface area (Å²) >= 11 is 0. The average molecular weight is 297 g/mol. The van der Waals surface area contributed by atoms with Crippen LogP contribution in [0.5, 0.6) is 11.5 Å². The fourth-order valence-electron chi connectivity index (χ4n) is 2.74. The number of amides is 1. The molecule has 2 aromatic rings. The lowest BCUT2D eigenvalue weighted by Gasteiger charge is -2.17. The fraction of sp³-hybridized carbons (Fsp3) is 0.278. The van der Waals surface area contributed by atoms with Crippen molar-refractivity contribution in [1.82, 2.24) is 0 Å². The van der Waals surface area contributed by atoms with Gasteiger partial charge in [0.25, 0.3) is 0 Å². The minimum Gasteiger partial charge on any atom is -0.508 e. The van der Waals surface area contributed by atoms with Crippen LogP contribution in [-0.2, 0) is 4.79 Å². The predicted octanol–water partition coefficient (Wildman–Crippen LogP) is 3.17. The summed E-state index contributed by atoms with van der Waals surface area (Å²) in [5, 5.41) is 9.32. The summed E-state index contributed by atoms with van der Waals surface area (Å²) in [6, 6.07) is 14.6. The minimum atomic E-state index is 0.0344. The molecule has 1 aliphatic carbocycles. The normalized spacial score (nSPS) is 19.5. The molecule has 2 aromatic carbocycles. The summed E-state index contributed by atoms with van der Waals surface area (Å²) in [7, 11) is 3.42. The highest BCUT2D eigenvalue weighted by atomic mass is 16.5. The molecule has 114 valence electrons. The van der Waals surface area contributed by atoms with Crippen molar-refractivity contribution in [2.24, 2.45) is 5.92 Å². The molecule has 0 aliphatic heterocycles. The second kappa shape index (κ2) is 5.72. The molecular formula is C18H19NO3. The Labute approximate surface area is 130 Å². The molecule has 0 aromatic heterocycles. The number of hydrogen-bond acceptors (Lipinski definition) is 3. The summed E-state index contributed by atoms with van der Waals surface area (Å²) in [6.45, 7) is 0. The number of rotatable bonds is 4. The number of carbonyl (C=O) groups excluding carboxylic acids is 1. The number of nitrogens with zero attached hydrogens (tertiary/aromatic N) is 1. The molecule has 3 rings (SSSR count). The quantitative estimate of drug-likeness (QED) is 0.943. The number of benzene rings is 2. The molecule has 1 N–H and O–H groups in total. The average Bonchev–Trinajstić information content (AvgIpc) is 3.35. The van der Waals surface area contributed by atoms with Gasteiger partial charge in [0.1, 0.15) is 11.5 Å². The molecule has 1 saturated carbocycles. The predicted molar refractivity (Wildman–Crippen MR) is 85.4 cm³/mol. The van der Waals surface area contributed by atoms with Crippen LogP contribution in [0, 0.1) is 5.92 Å². The molecule has 4 heteroatoms. The maximum absolute atomic E-state index is 12.5. The van der Waals surface area contributed by atoms with Crippen LogP contribution in [0.1, 0.15) is 17.9 Å². The summed E-state index contributed by atoms with van der Waals surface area (Å²) in [5.41, 5.74) is 1.97. The molecule has 0 spiro atoms. The van der Waals surface area contributed by atoms with E-state index in [2.05, 4.69) is 0 Å². The van der Waals surface area contributed by atoms with E-state index in [0.717, 1.165) is 17.9 Å². The Bertz CT molecular complexity index is 664. The van der Waals surface area contributed by atoms with Gasteiger partial charge in [-0.2, -0.15) is 0 Å². The second-order valence-electron chi connectivity index (χ2n) is 5.64. The van der Waals surface area contributed by atoms with Crippen LogP contribution in [-0.4, -0.2) is 25.2 Å². The SMILES string of the molecule is COc1ccc(C2CC2C(=O)N(C)c2ccc(O)cc2)cc1. The molecular weight excluding hydrogens is 278 g/mol. The highest BCUT2D eigenvalue weighted by Gasteiger charge is 2.45. The Morgan fingerprint density at radius 3 is 2.36 bits per heavy atom. The first-order valence-corrected chi connectivity index (χ1v) is 7.30. The monoisotopic (exact) mass is 297 g/mol. The lowest BCUT2D eigenvalue weighted by atomic mass is 10.1. The maximum atomic E-state index is 12.5. The number of anilines is 1. The highest BCUT2D eigenvalue weighted by Crippen LogP contribution is 2.49. The van der Waals surface area contributed by atoms with Crippen molar-refractivity contribution >= 4 is 11.6 Å². The van der Waals surface area contributed by atoms with Crippen molar-refractivity contribution < 1.29 is 14.6 Å². The number of ether oxygens (including phenoxy) is 1. The van der Waals surface area contributed by atoms with Crippen LogP contribution in [0.15, 0.2) is 48.5 Å². The van der Waals surface area contributed by atoms with E-state index in [1.54, 1.807) is 43.3 Å². The van der Waals surface area contributed by atoms with Gasteiger partial charge in [-0.25, -0.2) is 0 Å². The van der Waals surface area contributed by atoms with Gasteiger partial charge >= 0.3 is 0 Å². The third-order valence-corrected chi connectivity index (χ3v) is 4.22. The number of phenols is 1. The zero-order valence-electron chi connectivity index (χ0n) is 12.7. The molecule has 2 atom stereocenters. The van der Waals surface area contributed by atoms with E-state index in [1.807, 2.05) is 24.3 Å². The van der Waals surface area contributed by atoms with E-state index in [0.29, 0.717) is 0 Å². The molecule has 22 heavy (non-hydrogen) atoms. The van der Waals surface area contributed by atoms with Crippen LogP contribution < -0.4 is 9.64 Å². The third kappa shape index (κ3) is 2.77. The maximum Gasteiger partial charge on any atom is 0.230 e. The van der Waals surface area contributed by atoms with Gasteiger partial charge in [-0.3, -0.25) is 4.79 Å². The molecule has 1 fully saturated rings. The summed E-state index contributed by atoms with van der Waals surface area (Å²) in [6.07, 6.45) is 0.883. The lowest BCUT2D eigenvalue weighted by Crippen LogP contribution is -2.28. The second-order valence-corrected chi connectivity index (χ2v) is 5.64. The number of phenolic OH excluding ortho intramolecular Hbond substituents is 1. The van der Waals surface area contributed by atoms with Gasteiger partial charge in [-0.1, -0.05) is 12.1 Å². The van der Waals surface area contributed by atoms with E-state index in [9.17, 15) is 9.90 Å². The molecule has 2 unspecified atom stereocenters.